The number of alkyl halides is 1. The predicted octanol–water partition coefficient (Wildman–Crippen LogP) is 3.53. The van der Waals surface area contributed by atoms with Gasteiger partial charge in [0.1, 0.15) is 0 Å². The van der Waals surface area contributed by atoms with Crippen molar-refractivity contribution < 1.29 is 4.79 Å². The summed E-state index contributed by atoms with van der Waals surface area (Å²) in [5, 5.41) is 3.91. The normalized spacial score (nSPS) is 14.1. The minimum Gasteiger partial charge on any atom is -0.353 e. The number of hydrogen-bond acceptors (Lipinski definition) is 1. The van der Waals surface area contributed by atoms with Gasteiger partial charge in [0.25, 0.3) is 0 Å². The van der Waals surface area contributed by atoms with Crippen molar-refractivity contribution in [2.75, 3.05) is 5.33 Å². The standard InChI is InChI=1S/C13H17Br2NO/c1-9(8-14)10(2)16-13(17)7-11-3-5-12(15)6-4-11/h3-6,9-10H,7-8H2,1-2H3,(H,16,17). The average molecular weight is 363 g/mol. The van der Waals surface area contributed by atoms with Crippen LogP contribution in [0.15, 0.2) is 28.7 Å². The fourth-order valence-electron chi connectivity index (χ4n) is 1.37. The van der Waals surface area contributed by atoms with Crippen LogP contribution in [-0.2, 0) is 11.2 Å². The Bertz CT molecular complexity index is 364. The van der Waals surface area contributed by atoms with E-state index in [9.17, 15) is 4.79 Å². The fraction of sp³-hybridized carbons (Fsp3) is 0.462. The molecule has 0 heterocycles. The van der Waals surface area contributed by atoms with Crippen LogP contribution in [-0.4, -0.2) is 17.3 Å². The smallest absolute Gasteiger partial charge is 0.224 e. The number of benzene rings is 1. The largest absolute Gasteiger partial charge is 0.353 e. The van der Waals surface area contributed by atoms with Gasteiger partial charge in [-0.3, -0.25) is 4.79 Å². The molecule has 0 radical (unpaired) electrons. The Morgan fingerprint density at radius 3 is 2.41 bits per heavy atom. The van der Waals surface area contributed by atoms with E-state index in [2.05, 4.69) is 44.1 Å². The second-order valence-corrected chi connectivity index (χ2v) is 5.85. The van der Waals surface area contributed by atoms with Crippen molar-refractivity contribution >= 4 is 37.8 Å². The van der Waals surface area contributed by atoms with E-state index in [-0.39, 0.29) is 11.9 Å². The highest BCUT2D eigenvalue weighted by Crippen LogP contribution is 2.11. The van der Waals surface area contributed by atoms with Gasteiger partial charge in [0.05, 0.1) is 6.42 Å². The molecule has 1 N–H and O–H groups in total. The zero-order valence-corrected chi connectivity index (χ0v) is 13.2. The van der Waals surface area contributed by atoms with Crippen molar-refractivity contribution in [3.8, 4) is 0 Å². The lowest BCUT2D eigenvalue weighted by molar-refractivity contribution is -0.121. The summed E-state index contributed by atoms with van der Waals surface area (Å²) in [7, 11) is 0. The Hall–Kier alpha value is -0.350. The molecule has 0 aliphatic carbocycles. The van der Waals surface area contributed by atoms with E-state index in [0.29, 0.717) is 12.3 Å². The van der Waals surface area contributed by atoms with Crippen molar-refractivity contribution in [3.05, 3.63) is 34.3 Å². The van der Waals surface area contributed by atoms with Gasteiger partial charge in [0.2, 0.25) is 5.91 Å². The molecule has 0 bridgehead atoms. The fourth-order valence-corrected chi connectivity index (χ4v) is 2.19. The summed E-state index contributed by atoms with van der Waals surface area (Å²) in [6.07, 6.45) is 0.437. The molecule has 2 unspecified atom stereocenters. The van der Waals surface area contributed by atoms with Gasteiger partial charge in [0.15, 0.2) is 0 Å². The average Bonchev–Trinajstić information content (AvgIpc) is 2.30. The van der Waals surface area contributed by atoms with Crippen LogP contribution in [0.25, 0.3) is 0 Å². The molecule has 0 aliphatic heterocycles. The molecular formula is C13H17Br2NO. The van der Waals surface area contributed by atoms with Gasteiger partial charge >= 0.3 is 0 Å². The number of carbonyl (C=O) groups excluding carboxylic acids is 1. The van der Waals surface area contributed by atoms with Crippen LogP contribution in [0.4, 0.5) is 0 Å². The number of carbonyl (C=O) groups is 1. The molecule has 17 heavy (non-hydrogen) atoms. The Morgan fingerprint density at radius 1 is 1.29 bits per heavy atom. The van der Waals surface area contributed by atoms with Gasteiger partial charge < -0.3 is 5.32 Å². The van der Waals surface area contributed by atoms with Crippen molar-refractivity contribution in [1.82, 2.24) is 5.32 Å². The van der Waals surface area contributed by atoms with Crippen LogP contribution >= 0.6 is 31.9 Å². The van der Waals surface area contributed by atoms with E-state index in [1.54, 1.807) is 0 Å². The highest BCUT2D eigenvalue weighted by atomic mass is 79.9. The van der Waals surface area contributed by atoms with Gasteiger partial charge in [0, 0.05) is 15.8 Å². The molecule has 1 aromatic carbocycles. The van der Waals surface area contributed by atoms with Crippen LogP contribution < -0.4 is 5.32 Å². The van der Waals surface area contributed by atoms with Gasteiger partial charge in [-0.2, -0.15) is 0 Å². The van der Waals surface area contributed by atoms with Crippen LogP contribution in [0.3, 0.4) is 0 Å². The molecule has 4 heteroatoms. The molecule has 2 atom stereocenters. The number of halogens is 2. The molecule has 1 aromatic rings. The lowest BCUT2D eigenvalue weighted by atomic mass is 10.1. The number of hydrogen-bond donors (Lipinski definition) is 1. The number of rotatable bonds is 5. The maximum atomic E-state index is 11.8. The Morgan fingerprint density at radius 2 is 1.88 bits per heavy atom. The summed E-state index contributed by atoms with van der Waals surface area (Å²) < 4.78 is 1.03. The molecule has 1 amide bonds. The first-order valence-corrected chi connectivity index (χ1v) is 7.54. The van der Waals surface area contributed by atoms with Crippen molar-refractivity contribution in [3.63, 3.8) is 0 Å². The van der Waals surface area contributed by atoms with Crippen molar-refractivity contribution in [1.29, 1.82) is 0 Å². The van der Waals surface area contributed by atoms with Crippen LogP contribution in [0, 0.1) is 5.92 Å². The predicted molar refractivity (Wildman–Crippen MR) is 78.4 cm³/mol. The summed E-state index contributed by atoms with van der Waals surface area (Å²) in [6.45, 7) is 4.14. The zero-order valence-electron chi connectivity index (χ0n) is 10.0. The Labute approximate surface area is 119 Å². The SMILES string of the molecule is CC(CBr)C(C)NC(=O)Cc1ccc(Br)cc1. The van der Waals surface area contributed by atoms with E-state index >= 15 is 0 Å². The first kappa shape index (κ1) is 14.7. The highest BCUT2D eigenvalue weighted by Gasteiger charge is 2.13. The monoisotopic (exact) mass is 361 g/mol. The molecule has 0 saturated carbocycles. The van der Waals surface area contributed by atoms with E-state index in [4.69, 9.17) is 0 Å². The molecule has 1 rings (SSSR count). The molecule has 0 aliphatic rings. The van der Waals surface area contributed by atoms with E-state index in [1.807, 2.05) is 31.2 Å². The quantitative estimate of drug-likeness (QED) is 0.797. The molecule has 0 aromatic heterocycles. The van der Waals surface area contributed by atoms with Gasteiger partial charge in [-0.1, -0.05) is 50.9 Å². The number of amides is 1. The topological polar surface area (TPSA) is 29.1 Å². The molecule has 0 fully saturated rings. The Kier molecular flexibility index (Phi) is 6.20. The summed E-state index contributed by atoms with van der Waals surface area (Å²) in [5.74, 6) is 0.511. The zero-order chi connectivity index (χ0) is 12.8. The summed E-state index contributed by atoms with van der Waals surface area (Å²) in [6, 6.07) is 8.02. The third-order valence-electron chi connectivity index (χ3n) is 2.76. The minimum atomic E-state index is 0.0765. The summed E-state index contributed by atoms with van der Waals surface area (Å²) in [5.41, 5.74) is 1.03. The lowest BCUT2D eigenvalue weighted by Gasteiger charge is -2.19. The van der Waals surface area contributed by atoms with Crippen molar-refractivity contribution in [2.24, 2.45) is 5.92 Å². The van der Waals surface area contributed by atoms with Crippen molar-refractivity contribution in [2.45, 2.75) is 26.3 Å². The van der Waals surface area contributed by atoms with Crippen LogP contribution in [0.2, 0.25) is 0 Å². The maximum absolute atomic E-state index is 11.8. The third kappa shape index (κ3) is 5.21. The summed E-state index contributed by atoms with van der Waals surface area (Å²) in [4.78, 5) is 11.8. The van der Waals surface area contributed by atoms with Crippen LogP contribution in [0.5, 0.6) is 0 Å². The third-order valence-corrected chi connectivity index (χ3v) is 4.31. The maximum Gasteiger partial charge on any atom is 0.224 e. The van der Waals surface area contributed by atoms with Gasteiger partial charge in [-0.15, -0.1) is 0 Å². The second kappa shape index (κ2) is 7.17. The molecule has 0 saturated heterocycles. The molecule has 2 nitrogen and oxygen atoms in total. The Balaban J connectivity index is 2.47. The van der Waals surface area contributed by atoms with Gasteiger partial charge in [-0.25, -0.2) is 0 Å². The molecule has 94 valence electrons. The lowest BCUT2D eigenvalue weighted by Crippen LogP contribution is -2.38. The first-order chi connectivity index (χ1) is 8.02. The summed E-state index contributed by atoms with van der Waals surface area (Å²) >= 11 is 6.80. The number of nitrogens with one attached hydrogen (secondary N) is 1. The first-order valence-electron chi connectivity index (χ1n) is 5.62. The van der Waals surface area contributed by atoms with E-state index in [0.717, 1.165) is 15.4 Å². The second-order valence-electron chi connectivity index (χ2n) is 4.29. The van der Waals surface area contributed by atoms with E-state index < -0.39 is 0 Å². The highest BCUT2D eigenvalue weighted by molar-refractivity contribution is 9.10. The minimum absolute atomic E-state index is 0.0765. The van der Waals surface area contributed by atoms with Gasteiger partial charge in [-0.05, 0) is 30.5 Å². The van der Waals surface area contributed by atoms with E-state index in [1.165, 1.54) is 0 Å². The van der Waals surface area contributed by atoms with Crippen LogP contribution in [0.1, 0.15) is 19.4 Å². The molecule has 0 spiro atoms. The molecular weight excluding hydrogens is 346 g/mol.